The maximum atomic E-state index is 11.8. The maximum absolute atomic E-state index is 11.8. The Morgan fingerprint density at radius 1 is 1.50 bits per heavy atom. The van der Waals surface area contributed by atoms with Crippen molar-refractivity contribution >= 4 is 11.7 Å². The molecule has 1 aromatic heterocycles. The Kier molecular flexibility index (Phi) is 3.73. The highest BCUT2D eigenvalue weighted by Crippen LogP contribution is 2.34. The number of nitrogen functional groups attached to an aromatic ring is 1. The second-order valence-electron chi connectivity index (χ2n) is 4.35. The standard InChI is InChI=1S/C11H17N5O2/c1-18-11(3-2-4-11)7-15-10(17)8-5-14-9(16-12)6-13-8/h5-6H,2-4,7,12H2,1H3,(H,14,16)(H,15,17). The average molecular weight is 251 g/mol. The fraction of sp³-hybridized carbons (Fsp3) is 0.545. The van der Waals surface area contributed by atoms with Crippen LogP contribution >= 0.6 is 0 Å². The summed E-state index contributed by atoms with van der Waals surface area (Å²) in [5, 5.41) is 2.81. The molecule has 0 bridgehead atoms. The lowest BCUT2D eigenvalue weighted by Gasteiger charge is -2.40. The summed E-state index contributed by atoms with van der Waals surface area (Å²) in [6.07, 6.45) is 5.88. The third-order valence-electron chi connectivity index (χ3n) is 3.30. The zero-order valence-corrected chi connectivity index (χ0v) is 10.3. The quantitative estimate of drug-likeness (QED) is 0.505. The van der Waals surface area contributed by atoms with Crippen LogP contribution in [0.4, 0.5) is 5.82 Å². The molecule has 98 valence electrons. The Morgan fingerprint density at radius 3 is 2.72 bits per heavy atom. The van der Waals surface area contributed by atoms with Gasteiger partial charge in [0.15, 0.2) is 5.82 Å². The predicted octanol–water partition coefficient (Wildman–Crippen LogP) is 0.0611. The molecule has 2 rings (SSSR count). The van der Waals surface area contributed by atoms with Gasteiger partial charge in [0, 0.05) is 13.7 Å². The first-order chi connectivity index (χ1) is 8.69. The number of ether oxygens (including phenoxy) is 1. The molecule has 7 heteroatoms. The van der Waals surface area contributed by atoms with Crippen molar-refractivity contribution in [3.05, 3.63) is 18.1 Å². The highest BCUT2D eigenvalue weighted by molar-refractivity contribution is 5.92. The van der Waals surface area contributed by atoms with Crippen molar-refractivity contribution in [2.45, 2.75) is 24.9 Å². The van der Waals surface area contributed by atoms with Crippen molar-refractivity contribution in [2.24, 2.45) is 5.84 Å². The lowest BCUT2D eigenvalue weighted by atomic mass is 9.80. The van der Waals surface area contributed by atoms with Gasteiger partial charge in [0.1, 0.15) is 5.69 Å². The van der Waals surface area contributed by atoms with Gasteiger partial charge in [-0.05, 0) is 19.3 Å². The molecule has 0 radical (unpaired) electrons. The maximum Gasteiger partial charge on any atom is 0.271 e. The summed E-state index contributed by atoms with van der Waals surface area (Å²) in [7, 11) is 1.67. The van der Waals surface area contributed by atoms with Crippen molar-refractivity contribution in [2.75, 3.05) is 19.1 Å². The molecule has 4 N–H and O–H groups in total. The van der Waals surface area contributed by atoms with Gasteiger partial charge in [-0.15, -0.1) is 0 Å². The molecule has 1 fully saturated rings. The summed E-state index contributed by atoms with van der Waals surface area (Å²) in [6.45, 7) is 0.501. The van der Waals surface area contributed by atoms with Gasteiger partial charge in [-0.1, -0.05) is 0 Å². The van der Waals surface area contributed by atoms with Gasteiger partial charge in [0.25, 0.3) is 5.91 Å². The number of rotatable bonds is 5. The molecule has 1 aliphatic carbocycles. The van der Waals surface area contributed by atoms with E-state index in [4.69, 9.17) is 10.6 Å². The largest absolute Gasteiger partial charge is 0.376 e. The number of anilines is 1. The number of carbonyl (C=O) groups excluding carboxylic acids is 1. The van der Waals surface area contributed by atoms with Crippen molar-refractivity contribution in [3.8, 4) is 0 Å². The van der Waals surface area contributed by atoms with Crippen LogP contribution in [0, 0.1) is 0 Å². The molecule has 1 heterocycles. The van der Waals surface area contributed by atoms with E-state index in [1.165, 1.54) is 12.4 Å². The van der Waals surface area contributed by atoms with Gasteiger partial charge in [0.05, 0.1) is 18.0 Å². The lowest BCUT2D eigenvalue weighted by molar-refractivity contribution is -0.0679. The minimum Gasteiger partial charge on any atom is -0.376 e. The molecule has 1 aromatic rings. The van der Waals surface area contributed by atoms with E-state index >= 15 is 0 Å². The highest BCUT2D eigenvalue weighted by atomic mass is 16.5. The number of hydrogen-bond acceptors (Lipinski definition) is 6. The van der Waals surface area contributed by atoms with E-state index in [1.54, 1.807) is 7.11 Å². The van der Waals surface area contributed by atoms with Crippen LogP contribution in [0.15, 0.2) is 12.4 Å². The van der Waals surface area contributed by atoms with Gasteiger partial charge in [-0.2, -0.15) is 0 Å². The fourth-order valence-electron chi connectivity index (χ4n) is 1.88. The molecule has 1 saturated carbocycles. The Balaban J connectivity index is 1.90. The molecule has 0 unspecified atom stereocenters. The molecule has 0 aromatic carbocycles. The van der Waals surface area contributed by atoms with Crippen molar-refractivity contribution in [1.82, 2.24) is 15.3 Å². The van der Waals surface area contributed by atoms with Gasteiger partial charge in [0.2, 0.25) is 0 Å². The van der Waals surface area contributed by atoms with E-state index in [-0.39, 0.29) is 17.2 Å². The van der Waals surface area contributed by atoms with E-state index in [0.717, 1.165) is 19.3 Å². The monoisotopic (exact) mass is 251 g/mol. The smallest absolute Gasteiger partial charge is 0.271 e. The van der Waals surface area contributed by atoms with Gasteiger partial charge in [-0.3, -0.25) is 4.79 Å². The average Bonchev–Trinajstić information content (AvgIpc) is 2.38. The van der Waals surface area contributed by atoms with E-state index in [2.05, 4.69) is 20.7 Å². The first kappa shape index (κ1) is 12.7. The first-order valence-electron chi connectivity index (χ1n) is 5.81. The summed E-state index contributed by atoms with van der Waals surface area (Å²) < 4.78 is 5.42. The Hall–Kier alpha value is -1.73. The summed E-state index contributed by atoms with van der Waals surface area (Å²) in [5.74, 6) is 5.33. The molecule has 0 aliphatic heterocycles. The molecular weight excluding hydrogens is 234 g/mol. The van der Waals surface area contributed by atoms with Crippen LogP contribution in [0.1, 0.15) is 29.8 Å². The fourth-order valence-corrected chi connectivity index (χ4v) is 1.88. The molecule has 0 saturated heterocycles. The first-order valence-corrected chi connectivity index (χ1v) is 5.81. The van der Waals surface area contributed by atoms with Gasteiger partial charge >= 0.3 is 0 Å². The van der Waals surface area contributed by atoms with Crippen LogP contribution in [-0.2, 0) is 4.74 Å². The van der Waals surface area contributed by atoms with E-state index in [0.29, 0.717) is 12.4 Å². The van der Waals surface area contributed by atoms with Gasteiger partial charge in [-0.25, -0.2) is 15.8 Å². The van der Waals surface area contributed by atoms with Crippen LogP contribution in [0.3, 0.4) is 0 Å². The zero-order chi connectivity index (χ0) is 13.0. The number of methoxy groups -OCH3 is 1. The normalized spacial score (nSPS) is 16.8. The minimum absolute atomic E-state index is 0.193. The minimum atomic E-state index is -0.255. The Bertz CT molecular complexity index is 410. The Labute approximate surface area is 105 Å². The predicted molar refractivity (Wildman–Crippen MR) is 65.8 cm³/mol. The van der Waals surface area contributed by atoms with Crippen LogP contribution in [0.25, 0.3) is 0 Å². The van der Waals surface area contributed by atoms with E-state index < -0.39 is 0 Å². The number of hydrazine groups is 1. The summed E-state index contributed by atoms with van der Waals surface area (Å²) in [5.41, 5.74) is 2.42. The SMILES string of the molecule is COC1(CNC(=O)c2cnc(NN)cn2)CCC1. The number of nitrogens with one attached hydrogen (secondary N) is 2. The van der Waals surface area contributed by atoms with Crippen LogP contribution in [-0.4, -0.2) is 35.1 Å². The molecular formula is C11H17N5O2. The topological polar surface area (TPSA) is 102 Å². The summed E-state index contributed by atoms with van der Waals surface area (Å²) in [6, 6.07) is 0. The van der Waals surface area contributed by atoms with Crippen LogP contribution in [0.2, 0.25) is 0 Å². The van der Waals surface area contributed by atoms with Crippen LogP contribution in [0.5, 0.6) is 0 Å². The highest BCUT2D eigenvalue weighted by Gasteiger charge is 2.37. The number of nitrogens with two attached hydrogens (primary N) is 1. The van der Waals surface area contributed by atoms with Crippen molar-refractivity contribution < 1.29 is 9.53 Å². The van der Waals surface area contributed by atoms with Gasteiger partial charge < -0.3 is 15.5 Å². The lowest BCUT2D eigenvalue weighted by Crippen LogP contribution is -2.49. The second-order valence-corrected chi connectivity index (χ2v) is 4.35. The second kappa shape index (κ2) is 5.28. The molecule has 7 nitrogen and oxygen atoms in total. The molecule has 0 spiro atoms. The van der Waals surface area contributed by atoms with E-state index in [1.807, 2.05) is 0 Å². The third-order valence-corrected chi connectivity index (χ3v) is 3.30. The summed E-state index contributed by atoms with van der Waals surface area (Å²) >= 11 is 0. The number of nitrogens with zero attached hydrogens (tertiary/aromatic N) is 2. The van der Waals surface area contributed by atoms with Crippen molar-refractivity contribution in [3.63, 3.8) is 0 Å². The molecule has 0 atom stereocenters. The number of carbonyl (C=O) groups is 1. The van der Waals surface area contributed by atoms with Crippen LogP contribution < -0.4 is 16.6 Å². The third kappa shape index (κ3) is 2.57. The van der Waals surface area contributed by atoms with Crippen molar-refractivity contribution in [1.29, 1.82) is 0 Å². The number of hydrogen-bond donors (Lipinski definition) is 3. The summed E-state index contributed by atoms with van der Waals surface area (Å²) in [4.78, 5) is 19.7. The number of amides is 1. The molecule has 18 heavy (non-hydrogen) atoms. The molecule has 1 amide bonds. The number of aromatic nitrogens is 2. The Morgan fingerprint density at radius 2 is 2.28 bits per heavy atom. The van der Waals surface area contributed by atoms with E-state index in [9.17, 15) is 4.79 Å². The zero-order valence-electron chi connectivity index (χ0n) is 10.3. The molecule has 1 aliphatic rings.